The number of methoxy groups -OCH3 is 1. The Bertz CT molecular complexity index is 1290. The number of phenols is 2. The van der Waals surface area contributed by atoms with Crippen LogP contribution in [0.3, 0.4) is 0 Å². The van der Waals surface area contributed by atoms with E-state index in [2.05, 4.69) is 21.3 Å². The molecule has 2 aromatic carbocycles. The highest BCUT2D eigenvalue weighted by atomic mass is 16.5. The lowest BCUT2D eigenvalue weighted by Crippen LogP contribution is -2.60. The summed E-state index contributed by atoms with van der Waals surface area (Å²) in [7, 11) is 1.60. The molecule has 0 spiro atoms. The molecule has 0 aliphatic carbocycles. The number of hydrogen-bond donors (Lipinski definition) is 7. The van der Waals surface area contributed by atoms with Crippen molar-refractivity contribution < 1.29 is 34.1 Å². The van der Waals surface area contributed by atoms with Gasteiger partial charge in [-0.1, -0.05) is 39.8 Å². The average molecular weight is 614 g/mol. The van der Waals surface area contributed by atoms with Crippen molar-refractivity contribution in [3.8, 4) is 17.2 Å². The molecule has 44 heavy (non-hydrogen) atoms. The van der Waals surface area contributed by atoms with E-state index in [1.807, 2.05) is 52.0 Å². The molecule has 0 aliphatic heterocycles. The van der Waals surface area contributed by atoms with E-state index in [1.165, 1.54) is 6.07 Å². The number of ether oxygens (including phenoxy) is 1. The summed E-state index contributed by atoms with van der Waals surface area (Å²) in [6, 6.07) is 7.97. The Labute approximate surface area is 259 Å². The van der Waals surface area contributed by atoms with Gasteiger partial charge in [-0.15, -0.1) is 0 Å². The van der Waals surface area contributed by atoms with Crippen LogP contribution in [0.2, 0.25) is 0 Å². The summed E-state index contributed by atoms with van der Waals surface area (Å²) in [6.45, 7) is 10.9. The Hall–Kier alpha value is -4.32. The highest BCUT2D eigenvalue weighted by Crippen LogP contribution is 2.22. The Morgan fingerprint density at radius 3 is 2.11 bits per heavy atom. The van der Waals surface area contributed by atoms with E-state index < -0.39 is 41.4 Å². The van der Waals surface area contributed by atoms with E-state index in [-0.39, 0.29) is 41.4 Å². The summed E-state index contributed by atoms with van der Waals surface area (Å²) in [5, 5.41) is 30.4. The number of aromatic hydroxyl groups is 2. The molecule has 12 nitrogen and oxygen atoms in total. The normalized spacial score (nSPS) is 13.5. The van der Waals surface area contributed by atoms with E-state index in [0.717, 1.165) is 23.4 Å². The fourth-order valence-electron chi connectivity index (χ4n) is 4.57. The second-order valence-corrected chi connectivity index (χ2v) is 12.3. The van der Waals surface area contributed by atoms with Crippen LogP contribution in [0, 0.1) is 11.8 Å². The zero-order chi connectivity index (χ0) is 33.2. The Morgan fingerprint density at radius 1 is 0.909 bits per heavy atom. The maximum Gasteiger partial charge on any atom is 0.255 e. The number of benzene rings is 2. The quantitative estimate of drug-likeness (QED) is 0.148. The Morgan fingerprint density at radius 2 is 1.55 bits per heavy atom. The van der Waals surface area contributed by atoms with Crippen LogP contribution < -0.4 is 31.7 Å². The summed E-state index contributed by atoms with van der Waals surface area (Å²) >= 11 is 0. The first-order valence-electron chi connectivity index (χ1n) is 14.6. The lowest BCUT2D eigenvalue weighted by Gasteiger charge is -2.31. The van der Waals surface area contributed by atoms with Gasteiger partial charge in [-0.2, -0.15) is 0 Å². The largest absolute Gasteiger partial charge is 0.508 e. The highest BCUT2D eigenvalue weighted by molar-refractivity contribution is 5.98. The second kappa shape index (κ2) is 15.9. The maximum atomic E-state index is 13.4. The fourth-order valence-corrected chi connectivity index (χ4v) is 4.57. The second-order valence-electron chi connectivity index (χ2n) is 12.3. The first kappa shape index (κ1) is 35.9. The number of amides is 4. The van der Waals surface area contributed by atoms with Crippen molar-refractivity contribution in [2.75, 3.05) is 13.7 Å². The first-order chi connectivity index (χ1) is 20.5. The molecule has 0 aromatic heterocycles. The van der Waals surface area contributed by atoms with Crippen molar-refractivity contribution in [2.24, 2.45) is 17.6 Å². The van der Waals surface area contributed by atoms with Gasteiger partial charge in [0.25, 0.3) is 5.91 Å². The van der Waals surface area contributed by atoms with E-state index in [0.29, 0.717) is 12.8 Å². The molecule has 3 atom stereocenters. The number of nitrogens with one attached hydrogen (secondary N) is 4. The van der Waals surface area contributed by atoms with Gasteiger partial charge in [0.15, 0.2) is 0 Å². The van der Waals surface area contributed by atoms with Gasteiger partial charge < -0.3 is 42.0 Å². The van der Waals surface area contributed by atoms with Crippen LogP contribution in [-0.4, -0.2) is 71.2 Å². The monoisotopic (exact) mass is 613 g/mol. The van der Waals surface area contributed by atoms with Crippen molar-refractivity contribution >= 4 is 23.6 Å². The van der Waals surface area contributed by atoms with Gasteiger partial charge in [0.1, 0.15) is 35.4 Å². The predicted molar refractivity (Wildman–Crippen MR) is 167 cm³/mol. The van der Waals surface area contributed by atoms with Crippen LogP contribution in [0.4, 0.5) is 0 Å². The SMILES string of the molecule is COc1ccc(CC(C)(C)NC(=O)[C@H](CC(C)C)NC(=O)[C@@H](NC(=O)[C@@H](N)CNC(=O)c2cc(O)ccc2O)C(C)C)cc1. The number of carbonyl (C=O) groups is 4. The molecule has 2 aromatic rings. The number of phenolic OH excluding ortho intramolecular Hbond substituents is 2. The van der Waals surface area contributed by atoms with Crippen LogP contribution in [0.25, 0.3) is 0 Å². The van der Waals surface area contributed by atoms with Gasteiger partial charge in [0.2, 0.25) is 17.7 Å². The van der Waals surface area contributed by atoms with E-state index in [1.54, 1.807) is 21.0 Å². The first-order valence-corrected chi connectivity index (χ1v) is 14.6. The summed E-state index contributed by atoms with van der Waals surface area (Å²) in [4.78, 5) is 52.1. The zero-order valence-corrected chi connectivity index (χ0v) is 26.6. The van der Waals surface area contributed by atoms with Gasteiger partial charge in [-0.05, 0) is 74.4 Å². The van der Waals surface area contributed by atoms with Gasteiger partial charge in [0.05, 0.1) is 12.7 Å². The van der Waals surface area contributed by atoms with E-state index in [4.69, 9.17) is 10.5 Å². The summed E-state index contributed by atoms with van der Waals surface area (Å²) < 4.78 is 5.21. The average Bonchev–Trinajstić information content (AvgIpc) is 2.94. The Balaban J connectivity index is 2.05. The molecule has 0 heterocycles. The molecule has 8 N–H and O–H groups in total. The lowest BCUT2D eigenvalue weighted by molar-refractivity contribution is -0.134. The number of rotatable bonds is 15. The summed E-state index contributed by atoms with van der Waals surface area (Å²) in [5.41, 5.74) is 6.19. The van der Waals surface area contributed by atoms with Crippen molar-refractivity contribution in [3.05, 3.63) is 53.6 Å². The minimum atomic E-state index is -1.22. The minimum absolute atomic E-state index is 0.0887. The van der Waals surface area contributed by atoms with Crippen molar-refractivity contribution in [3.63, 3.8) is 0 Å². The van der Waals surface area contributed by atoms with Crippen LogP contribution in [-0.2, 0) is 20.8 Å². The molecular formula is C32H47N5O7. The zero-order valence-electron chi connectivity index (χ0n) is 26.6. The molecule has 0 saturated carbocycles. The van der Waals surface area contributed by atoms with E-state index >= 15 is 0 Å². The smallest absolute Gasteiger partial charge is 0.255 e. The lowest BCUT2D eigenvalue weighted by atomic mass is 9.93. The van der Waals surface area contributed by atoms with Crippen LogP contribution in [0.15, 0.2) is 42.5 Å². The molecule has 0 radical (unpaired) electrons. The molecule has 12 heteroatoms. The van der Waals surface area contributed by atoms with Crippen molar-refractivity contribution in [1.29, 1.82) is 0 Å². The van der Waals surface area contributed by atoms with Gasteiger partial charge in [0, 0.05) is 12.1 Å². The number of nitrogens with two attached hydrogens (primary N) is 1. The topological polar surface area (TPSA) is 192 Å². The third kappa shape index (κ3) is 11.1. The summed E-state index contributed by atoms with van der Waals surface area (Å²) in [6.07, 6.45) is 0.928. The molecule has 0 aliphatic rings. The molecule has 0 fully saturated rings. The number of carbonyl (C=O) groups excluding carboxylic acids is 4. The third-order valence-electron chi connectivity index (χ3n) is 6.90. The molecule has 242 valence electrons. The predicted octanol–water partition coefficient (Wildman–Crippen LogP) is 1.97. The van der Waals surface area contributed by atoms with E-state index in [9.17, 15) is 29.4 Å². The van der Waals surface area contributed by atoms with Crippen LogP contribution in [0.1, 0.15) is 63.9 Å². The van der Waals surface area contributed by atoms with Gasteiger partial charge in [-0.25, -0.2) is 0 Å². The molecule has 2 rings (SSSR count). The molecular weight excluding hydrogens is 566 g/mol. The molecule has 0 bridgehead atoms. The van der Waals surface area contributed by atoms with Gasteiger partial charge in [-0.3, -0.25) is 19.2 Å². The van der Waals surface area contributed by atoms with Crippen LogP contribution in [0.5, 0.6) is 17.2 Å². The minimum Gasteiger partial charge on any atom is -0.508 e. The highest BCUT2D eigenvalue weighted by Gasteiger charge is 2.32. The molecule has 4 amide bonds. The summed E-state index contributed by atoms with van der Waals surface area (Å²) in [5.74, 6) is -2.39. The standard InChI is InChI=1S/C32H47N5O7/c1-18(2)14-25(30(42)37-32(5,6)16-20-8-11-22(44-7)12-9-20)35-31(43)27(19(3)4)36-29(41)24(33)17-34-28(40)23-15-21(38)10-13-26(23)39/h8-13,15,18-19,24-25,27,38-39H,14,16-17,33H2,1-7H3,(H,34,40)(H,35,43)(H,36,41)(H,37,42)/t24-,25-,27-/m0/s1. The Kier molecular flexibility index (Phi) is 13.0. The molecule has 0 unspecified atom stereocenters. The molecule has 0 saturated heterocycles. The van der Waals surface area contributed by atoms with Crippen molar-refractivity contribution in [2.45, 2.75) is 78.0 Å². The maximum absolute atomic E-state index is 13.4. The van der Waals surface area contributed by atoms with Crippen molar-refractivity contribution in [1.82, 2.24) is 21.3 Å². The number of hydrogen-bond acceptors (Lipinski definition) is 8. The fraction of sp³-hybridized carbons (Fsp3) is 0.500. The van der Waals surface area contributed by atoms with Crippen LogP contribution >= 0.6 is 0 Å². The van der Waals surface area contributed by atoms with Gasteiger partial charge >= 0.3 is 0 Å². The third-order valence-corrected chi connectivity index (χ3v) is 6.90.